The lowest BCUT2D eigenvalue weighted by Crippen LogP contribution is -2.25. The molecule has 1 heterocycles. The van der Waals surface area contributed by atoms with E-state index in [4.69, 9.17) is 5.73 Å². The largest absolute Gasteiger partial charge is 0.469 e. The van der Waals surface area contributed by atoms with Crippen molar-refractivity contribution in [2.75, 3.05) is 27.3 Å². The third-order valence-electron chi connectivity index (χ3n) is 2.81. The Hall–Kier alpha value is -2.48. The summed E-state index contributed by atoms with van der Waals surface area (Å²) in [5, 5.41) is 2.69. The second-order valence-corrected chi connectivity index (χ2v) is 4.65. The van der Waals surface area contributed by atoms with E-state index in [-0.39, 0.29) is 17.8 Å². The summed E-state index contributed by atoms with van der Waals surface area (Å²) in [6, 6.07) is 3.38. The Bertz CT molecular complexity index is 494. The van der Waals surface area contributed by atoms with Gasteiger partial charge in [-0.1, -0.05) is 0 Å². The summed E-state index contributed by atoms with van der Waals surface area (Å²) in [4.78, 5) is 36.4. The van der Waals surface area contributed by atoms with Gasteiger partial charge >= 0.3 is 11.9 Å². The third kappa shape index (κ3) is 11.1. The number of nitrogens with two attached hydrogens (primary N) is 1. The number of carbonyl (C=O) groups is 3. The maximum absolute atomic E-state index is 11.5. The molecular weight excluding hydrogens is 314 g/mol. The van der Waals surface area contributed by atoms with Crippen LogP contribution in [0.4, 0.5) is 0 Å². The van der Waals surface area contributed by atoms with Gasteiger partial charge in [-0.05, 0) is 31.5 Å². The first-order valence-corrected chi connectivity index (χ1v) is 7.57. The summed E-state index contributed by atoms with van der Waals surface area (Å²) in [6.07, 6.45) is 5.13. The molecule has 0 atom stereocenters. The van der Waals surface area contributed by atoms with E-state index in [9.17, 15) is 14.4 Å². The number of rotatable bonds is 8. The lowest BCUT2D eigenvalue weighted by atomic mass is 10.2. The quantitative estimate of drug-likeness (QED) is 0.527. The predicted octanol–water partition coefficient (Wildman–Crippen LogP) is 0.663. The van der Waals surface area contributed by atoms with Gasteiger partial charge in [0.05, 0.1) is 19.8 Å². The lowest BCUT2D eigenvalue weighted by molar-refractivity contribution is -0.141. The number of hydrogen-bond donors (Lipinski definition) is 2. The molecule has 0 fully saturated rings. The molecule has 1 amide bonds. The molecule has 0 unspecified atom stereocenters. The van der Waals surface area contributed by atoms with E-state index in [1.165, 1.54) is 20.4 Å². The highest BCUT2D eigenvalue weighted by Crippen LogP contribution is 1.96. The maximum atomic E-state index is 11.5. The number of aromatic nitrogens is 1. The summed E-state index contributed by atoms with van der Waals surface area (Å²) >= 11 is 0. The Kier molecular flexibility index (Phi) is 12.7. The highest BCUT2D eigenvalue weighted by atomic mass is 16.5. The van der Waals surface area contributed by atoms with Gasteiger partial charge in [0, 0.05) is 31.8 Å². The lowest BCUT2D eigenvalue weighted by Gasteiger charge is -2.03. The van der Waals surface area contributed by atoms with Crippen LogP contribution >= 0.6 is 0 Å². The molecule has 0 aliphatic heterocycles. The fourth-order valence-electron chi connectivity index (χ4n) is 1.48. The van der Waals surface area contributed by atoms with Crippen molar-refractivity contribution in [2.45, 2.75) is 25.7 Å². The van der Waals surface area contributed by atoms with Crippen molar-refractivity contribution in [1.82, 2.24) is 10.3 Å². The highest BCUT2D eigenvalue weighted by Gasteiger charge is 2.04. The number of methoxy groups -OCH3 is 2. The van der Waals surface area contributed by atoms with Gasteiger partial charge in [0.2, 0.25) is 0 Å². The Morgan fingerprint density at radius 2 is 1.75 bits per heavy atom. The second-order valence-electron chi connectivity index (χ2n) is 4.65. The fourth-order valence-corrected chi connectivity index (χ4v) is 1.48. The van der Waals surface area contributed by atoms with Crippen molar-refractivity contribution < 1.29 is 23.9 Å². The van der Waals surface area contributed by atoms with E-state index in [2.05, 4.69) is 19.8 Å². The van der Waals surface area contributed by atoms with Crippen LogP contribution in [0.3, 0.4) is 0 Å². The smallest absolute Gasteiger partial charge is 0.305 e. The summed E-state index contributed by atoms with van der Waals surface area (Å²) < 4.78 is 8.84. The number of amides is 1. The van der Waals surface area contributed by atoms with Crippen molar-refractivity contribution in [2.24, 2.45) is 5.73 Å². The van der Waals surface area contributed by atoms with Gasteiger partial charge in [0.15, 0.2) is 0 Å². The van der Waals surface area contributed by atoms with Crippen LogP contribution in [0.2, 0.25) is 0 Å². The van der Waals surface area contributed by atoms with E-state index in [1.54, 1.807) is 18.3 Å². The molecule has 0 aliphatic rings. The van der Waals surface area contributed by atoms with Crippen LogP contribution in [-0.4, -0.2) is 50.1 Å². The van der Waals surface area contributed by atoms with Crippen LogP contribution in [0.5, 0.6) is 0 Å². The summed E-state index contributed by atoms with van der Waals surface area (Å²) in [5.74, 6) is -0.635. The number of hydrogen-bond acceptors (Lipinski definition) is 7. The van der Waals surface area contributed by atoms with Crippen molar-refractivity contribution >= 4 is 17.8 Å². The molecule has 1 rings (SSSR count). The molecule has 24 heavy (non-hydrogen) atoms. The monoisotopic (exact) mass is 339 g/mol. The number of nitrogens with one attached hydrogen (secondary N) is 1. The Morgan fingerprint density at radius 1 is 1.12 bits per heavy atom. The molecule has 0 aromatic carbocycles. The van der Waals surface area contributed by atoms with Crippen molar-refractivity contribution in [3.63, 3.8) is 0 Å². The second kappa shape index (κ2) is 14.1. The Labute approximate surface area is 141 Å². The van der Waals surface area contributed by atoms with Gasteiger partial charge in [-0.2, -0.15) is 0 Å². The topological polar surface area (TPSA) is 121 Å². The number of esters is 2. The predicted molar refractivity (Wildman–Crippen MR) is 88.1 cm³/mol. The van der Waals surface area contributed by atoms with Gasteiger partial charge in [-0.3, -0.25) is 19.4 Å². The SMILES string of the molecule is COC(=O)CCCN.COC(=O)CCCNC(=O)c1cccnc1. The minimum atomic E-state index is -0.268. The molecular formula is C16H25N3O5. The molecule has 0 radical (unpaired) electrons. The summed E-state index contributed by atoms with van der Waals surface area (Å²) in [6.45, 7) is 0.998. The summed E-state index contributed by atoms with van der Waals surface area (Å²) in [7, 11) is 2.72. The van der Waals surface area contributed by atoms with E-state index in [0.29, 0.717) is 44.3 Å². The molecule has 3 N–H and O–H groups in total. The van der Waals surface area contributed by atoms with Crippen LogP contribution in [0.15, 0.2) is 24.5 Å². The molecule has 1 aromatic heterocycles. The average molecular weight is 339 g/mol. The summed E-state index contributed by atoms with van der Waals surface area (Å²) in [5.41, 5.74) is 5.64. The highest BCUT2D eigenvalue weighted by molar-refractivity contribution is 5.93. The third-order valence-corrected chi connectivity index (χ3v) is 2.81. The Morgan fingerprint density at radius 3 is 2.25 bits per heavy atom. The molecule has 1 aromatic rings. The van der Waals surface area contributed by atoms with E-state index in [1.807, 2.05) is 0 Å². The van der Waals surface area contributed by atoms with Crippen LogP contribution in [-0.2, 0) is 19.1 Å². The van der Waals surface area contributed by atoms with Gasteiger partial charge in [0.1, 0.15) is 0 Å². The van der Waals surface area contributed by atoms with Gasteiger partial charge in [-0.25, -0.2) is 0 Å². The van der Waals surface area contributed by atoms with Gasteiger partial charge in [0.25, 0.3) is 5.91 Å². The van der Waals surface area contributed by atoms with E-state index >= 15 is 0 Å². The van der Waals surface area contributed by atoms with E-state index in [0.717, 1.165) is 0 Å². The number of ether oxygens (including phenoxy) is 2. The van der Waals surface area contributed by atoms with Crippen molar-refractivity contribution in [3.8, 4) is 0 Å². The van der Waals surface area contributed by atoms with Crippen molar-refractivity contribution in [3.05, 3.63) is 30.1 Å². The maximum Gasteiger partial charge on any atom is 0.305 e. The molecule has 8 nitrogen and oxygen atoms in total. The molecule has 134 valence electrons. The minimum absolute atomic E-state index is 0.182. The zero-order valence-corrected chi connectivity index (χ0v) is 14.1. The van der Waals surface area contributed by atoms with Crippen molar-refractivity contribution in [1.29, 1.82) is 0 Å². The first-order valence-electron chi connectivity index (χ1n) is 7.57. The normalized spacial score (nSPS) is 9.29. The van der Waals surface area contributed by atoms with Crippen LogP contribution in [0.1, 0.15) is 36.0 Å². The molecule has 0 spiro atoms. The minimum Gasteiger partial charge on any atom is -0.469 e. The molecule has 0 bridgehead atoms. The first-order chi connectivity index (χ1) is 11.5. The van der Waals surface area contributed by atoms with Crippen LogP contribution in [0.25, 0.3) is 0 Å². The number of nitrogens with zero attached hydrogens (tertiary/aromatic N) is 1. The van der Waals surface area contributed by atoms with Crippen LogP contribution in [0, 0.1) is 0 Å². The Balaban J connectivity index is 0.000000561. The molecule has 0 aliphatic carbocycles. The standard InChI is InChI=1S/C11H14N2O3.C5H11NO2/c1-16-10(14)5-3-7-13-11(15)9-4-2-6-12-8-9;1-8-5(7)3-2-4-6/h2,4,6,8H,3,5,7H2,1H3,(H,13,15);2-4,6H2,1H3. The van der Waals surface area contributed by atoms with Crippen LogP contribution < -0.4 is 11.1 Å². The molecule has 8 heteroatoms. The van der Waals surface area contributed by atoms with Gasteiger partial charge < -0.3 is 20.5 Å². The average Bonchev–Trinajstić information content (AvgIpc) is 2.63. The fraction of sp³-hybridized carbons (Fsp3) is 0.500. The first kappa shape index (κ1) is 21.5. The molecule has 0 saturated heterocycles. The van der Waals surface area contributed by atoms with E-state index < -0.39 is 0 Å². The number of carbonyl (C=O) groups excluding carboxylic acids is 3. The zero-order chi connectivity index (χ0) is 18.2. The number of pyridine rings is 1. The molecule has 0 saturated carbocycles. The zero-order valence-electron chi connectivity index (χ0n) is 14.1. The van der Waals surface area contributed by atoms with Gasteiger partial charge in [-0.15, -0.1) is 0 Å².